The molecule has 0 aromatic carbocycles. The fraction of sp³-hybridized carbons (Fsp3) is 0. The molecule has 0 rings (SSSR count). The van der Waals surface area contributed by atoms with Gasteiger partial charge in [0.25, 0.3) is 0 Å². The van der Waals surface area contributed by atoms with Gasteiger partial charge in [-0.3, -0.25) is 0 Å². The Balaban J connectivity index is -0.00000000500. The average molecular weight is 207 g/mol. The first-order valence-corrected chi connectivity index (χ1v) is 3.09. The molecule has 0 fully saturated rings. The third-order valence-electron chi connectivity index (χ3n) is 0. The SMILES string of the molecule is [CaH2].[NaH].[PH2][Ag]. The molecule has 0 saturated heterocycles. The van der Waals surface area contributed by atoms with Gasteiger partial charge in [-0.05, 0) is 0 Å². The van der Waals surface area contributed by atoms with Gasteiger partial charge in [-0.25, -0.2) is 0 Å². The third kappa shape index (κ3) is 9.06. The van der Waals surface area contributed by atoms with E-state index in [9.17, 15) is 0 Å². The molecule has 1 atom stereocenters. The van der Waals surface area contributed by atoms with Crippen LogP contribution in [0.3, 0.4) is 0 Å². The Labute approximate surface area is 92.7 Å². The van der Waals surface area contributed by atoms with Gasteiger partial charge in [-0.2, -0.15) is 0 Å². The Morgan fingerprint density at radius 1 is 1.25 bits per heavy atom. The van der Waals surface area contributed by atoms with Crippen molar-refractivity contribution < 1.29 is 20.5 Å². The summed E-state index contributed by atoms with van der Waals surface area (Å²) in [5.74, 6) is 0. The van der Waals surface area contributed by atoms with Gasteiger partial charge in [-0.15, -0.1) is 0 Å². The summed E-state index contributed by atoms with van der Waals surface area (Å²) >= 11 is 2.87. The van der Waals surface area contributed by atoms with Crippen molar-refractivity contribution in [3.63, 3.8) is 0 Å². The number of hydrogen-bond acceptors (Lipinski definition) is 0. The van der Waals surface area contributed by atoms with Crippen molar-refractivity contribution >= 4 is 74.4 Å². The molecular weight excluding hydrogens is 202 g/mol. The van der Waals surface area contributed by atoms with Crippen molar-refractivity contribution in [3.05, 3.63) is 0 Å². The van der Waals surface area contributed by atoms with Crippen LogP contribution in [0.4, 0.5) is 0 Å². The number of rotatable bonds is 0. The Morgan fingerprint density at radius 3 is 1.25 bits per heavy atom. The Morgan fingerprint density at radius 2 is 1.25 bits per heavy atom. The van der Waals surface area contributed by atoms with Gasteiger partial charge >= 0.3 is 95.0 Å². The predicted molar refractivity (Wildman–Crippen MR) is 25.4 cm³/mol. The van der Waals surface area contributed by atoms with E-state index in [0.717, 1.165) is 0 Å². The van der Waals surface area contributed by atoms with E-state index in [0.29, 0.717) is 0 Å². The number of hydrogen-bond donors (Lipinski definition) is 0. The molecule has 0 bridgehead atoms. The second-order valence-corrected chi connectivity index (χ2v) is 0. The van der Waals surface area contributed by atoms with Crippen LogP contribution in [-0.4, -0.2) is 67.3 Å². The summed E-state index contributed by atoms with van der Waals surface area (Å²) in [6, 6.07) is 0. The minimum absolute atomic E-state index is 0. The molecule has 0 spiro atoms. The van der Waals surface area contributed by atoms with Crippen molar-refractivity contribution in [2.45, 2.75) is 0 Å². The van der Waals surface area contributed by atoms with Crippen LogP contribution in [0.25, 0.3) is 0 Å². The first kappa shape index (κ1) is 15.7. The predicted octanol–water partition coefficient (Wildman–Crippen LogP) is -1.24. The molecule has 0 N–H and O–H groups in total. The molecule has 4 heteroatoms. The maximum absolute atomic E-state index is 2.87. The Kier molecular flexibility index (Phi) is 63.1. The molecule has 0 radical (unpaired) electrons. The summed E-state index contributed by atoms with van der Waals surface area (Å²) in [4.78, 5) is 0. The molecule has 0 aliphatic carbocycles. The fourth-order valence-corrected chi connectivity index (χ4v) is 0. The zero-order valence-electron chi connectivity index (χ0n) is 0.879. The summed E-state index contributed by atoms with van der Waals surface area (Å²) in [5.41, 5.74) is 0. The zero-order chi connectivity index (χ0) is 2.00. The van der Waals surface area contributed by atoms with Gasteiger partial charge in [0.1, 0.15) is 0 Å². The van der Waals surface area contributed by atoms with E-state index in [1.165, 1.54) is 0 Å². The van der Waals surface area contributed by atoms with E-state index in [-0.39, 0.29) is 67.3 Å². The molecule has 0 aromatic heterocycles. The average Bonchev–Trinajstić information content (AvgIpc) is 1.00. The second-order valence-electron chi connectivity index (χ2n) is 0. The topological polar surface area (TPSA) is 0 Å². The van der Waals surface area contributed by atoms with E-state index in [1.54, 1.807) is 0 Å². The molecule has 0 heterocycles. The van der Waals surface area contributed by atoms with Crippen molar-refractivity contribution in [2.75, 3.05) is 0 Å². The molecular formula is H5AgCaNaP. The van der Waals surface area contributed by atoms with Crippen molar-refractivity contribution in [1.29, 1.82) is 0 Å². The van der Waals surface area contributed by atoms with E-state index in [1.807, 2.05) is 0 Å². The quantitative estimate of drug-likeness (QED) is 0.344. The van der Waals surface area contributed by atoms with Gasteiger partial charge in [0.2, 0.25) is 0 Å². The fourth-order valence-electron chi connectivity index (χ4n) is 0. The van der Waals surface area contributed by atoms with Crippen LogP contribution in [0.5, 0.6) is 0 Å². The second kappa shape index (κ2) is 16.1. The normalized spacial score (nSPS) is 1.75. The molecule has 0 aliphatic heterocycles. The van der Waals surface area contributed by atoms with E-state index < -0.39 is 0 Å². The molecule has 24 valence electrons. The summed E-state index contributed by atoms with van der Waals surface area (Å²) in [6.45, 7) is 0. The molecule has 0 nitrogen and oxygen atoms in total. The minimum atomic E-state index is 0. The zero-order valence-corrected chi connectivity index (χ0v) is 3.52. The van der Waals surface area contributed by atoms with Crippen molar-refractivity contribution in [1.82, 2.24) is 0 Å². The first-order chi connectivity index (χ1) is 1.00. The van der Waals surface area contributed by atoms with Crippen molar-refractivity contribution in [2.24, 2.45) is 0 Å². The van der Waals surface area contributed by atoms with Gasteiger partial charge in [0.15, 0.2) is 0 Å². The maximum atomic E-state index is 2.87. The van der Waals surface area contributed by atoms with Crippen molar-refractivity contribution in [3.8, 4) is 0 Å². The van der Waals surface area contributed by atoms with E-state index in [2.05, 4.69) is 27.7 Å². The standard InChI is InChI=1S/Ag.Ca.Na.H2P.3H/h;;;1H2;;;/q+1;;;-1;;;. The van der Waals surface area contributed by atoms with Gasteiger partial charge in [0.05, 0.1) is 0 Å². The summed E-state index contributed by atoms with van der Waals surface area (Å²) in [7, 11) is 2.23. The summed E-state index contributed by atoms with van der Waals surface area (Å²) in [6.07, 6.45) is 0. The molecule has 0 amide bonds. The Hall–Kier alpha value is 3.43. The summed E-state index contributed by atoms with van der Waals surface area (Å²) in [5, 5.41) is 0. The van der Waals surface area contributed by atoms with Crippen LogP contribution in [0, 0.1) is 0 Å². The molecule has 1 unspecified atom stereocenters. The van der Waals surface area contributed by atoms with Crippen LogP contribution in [0.1, 0.15) is 0 Å². The van der Waals surface area contributed by atoms with E-state index in [4.69, 9.17) is 0 Å². The third-order valence-corrected chi connectivity index (χ3v) is 0. The molecule has 0 saturated carbocycles. The van der Waals surface area contributed by atoms with Gasteiger partial charge < -0.3 is 0 Å². The monoisotopic (exact) mass is 206 g/mol. The van der Waals surface area contributed by atoms with Gasteiger partial charge in [0, 0.05) is 0 Å². The molecule has 0 aromatic rings. The van der Waals surface area contributed by atoms with Crippen LogP contribution >= 0.6 is 7.13 Å². The van der Waals surface area contributed by atoms with E-state index >= 15 is 0 Å². The van der Waals surface area contributed by atoms with Gasteiger partial charge in [-0.1, -0.05) is 0 Å². The van der Waals surface area contributed by atoms with Crippen LogP contribution in [-0.2, 0) is 20.5 Å². The summed E-state index contributed by atoms with van der Waals surface area (Å²) < 4.78 is 0. The Bertz CT molecular complexity index is 8.00. The van der Waals surface area contributed by atoms with Crippen LogP contribution in [0.15, 0.2) is 0 Å². The molecule has 0 aliphatic rings. The van der Waals surface area contributed by atoms with Crippen LogP contribution < -0.4 is 0 Å². The molecule has 4 heavy (non-hydrogen) atoms. The first-order valence-electron chi connectivity index (χ1n) is 0.174. The van der Waals surface area contributed by atoms with Crippen LogP contribution in [0.2, 0.25) is 0 Å².